The SMILES string of the molecule is COC[C@@H](N=C(c1ccccc1)N1CCCC[C@H]1c1ccccc1)C(C)C. The van der Waals surface area contributed by atoms with E-state index in [1.165, 1.54) is 30.4 Å². The molecular weight excluding hydrogens is 332 g/mol. The molecule has 3 rings (SSSR count). The van der Waals surface area contributed by atoms with E-state index in [1.54, 1.807) is 7.11 Å². The Morgan fingerprint density at radius 1 is 1.04 bits per heavy atom. The highest BCUT2D eigenvalue weighted by molar-refractivity contribution is 5.99. The molecule has 0 saturated carbocycles. The molecule has 1 saturated heterocycles. The second-order valence-electron chi connectivity index (χ2n) is 7.70. The van der Waals surface area contributed by atoms with Crippen LogP contribution in [0, 0.1) is 5.92 Å². The molecule has 144 valence electrons. The average Bonchev–Trinajstić information content (AvgIpc) is 2.72. The molecule has 3 nitrogen and oxygen atoms in total. The van der Waals surface area contributed by atoms with Crippen molar-refractivity contribution in [3.8, 4) is 0 Å². The van der Waals surface area contributed by atoms with Crippen LogP contribution >= 0.6 is 0 Å². The molecule has 2 aromatic carbocycles. The first-order valence-electron chi connectivity index (χ1n) is 10.1. The van der Waals surface area contributed by atoms with Crippen molar-refractivity contribution in [2.75, 3.05) is 20.3 Å². The summed E-state index contributed by atoms with van der Waals surface area (Å²) >= 11 is 0. The molecule has 0 unspecified atom stereocenters. The van der Waals surface area contributed by atoms with Crippen molar-refractivity contribution in [1.29, 1.82) is 0 Å². The number of piperidine rings is 1. The zero-order valence-corrected chi connectivity index (χ0v) is 16.8. The van der Waals surface area contributed by atoms with Gasteiger partial charge < -0.3 is 9.64 Å². The lowest BCUT2D eigenvalue weighted by Crippen LogP contribution is -2.40. The molecule has 1 aliphatic heterocycles. The summed E-state index contributed by atoms with van der Waals surface area (Å²) in [4.78, 5) is 7.78. The van der Waals surface area contributed by atoms with Crippen LogP contribution in [0.3, 0.4) is 0 Å². The Balaban J connectivity index is 2.02. The Morgan fingerprint density at radius 2 is 1.70 bits per heavy atom. The second-order valence-corrected chi connectivity index (χ2v) is 7.70. The molecule has 2 aromatic rings. The van der Waals surface area contributed by atoms with Crippen LogP contribution in [0.5, 0.6) is 0 Å². The number of methoxy groups -OCH3 is 1. The number of likely N-dealkylation sites (tertiary alicyclic amines) is 1. The molecule has 0 aromatic heterocycles. The average molecular weight is 365 g/mol. The Morgan fingerprint density at radius 3 is 2.33 bits per heavy atom. The van der Waals surface area contributed by atoms with E-state index in [0.29, 0.717) is 18.6 Å². The maximum atomic E-state index is 5.48. The molecule has 0 aliphatic carbocycles. The molecule has 2 atom stereocenters. The number of benzene rings is 2. The molecule has 1 fully saturated rings. The zero-order chi connectivity index (χ0) is 19.1. The van der Waals surface area contributed by atoms with E-state index >= 15 is 0 Å². The van der Waals surface area contributed by atoms with Gasteiger partial charge in [-0.25, -0.2) is 0 Å². The van der Waals surface area contributed by atoms with Gasteiger partial charge in [-0.05, 0) is 30.7 Å². The summed E-state index contributed by atoms with van der Waals surface area (Å²) in [5, 5.41) is 0. The maximum Gasteiger partial charge on any atom is 0.131 e. The Labute approximate surface area is 164 Å². The highest BCUT2D eigenvalue weighted by Gasteiger charge is 2.28. The van der Waals surface area contributed by atoms with E-state index in [-0.39, 0.29) is 6.04 Å². The van der Waals surface area contributed by atoms with Crippen molar-refractivity contribution in [3.63, 3.8) is 0 Å². The Bertz CT molecular complexity index is 712. The predicted molar refractivity (Wildman–Crippen MR) is 113 cm³/mol. The van der Waals surface area contributed by atoms with Gasteiger partial charge in [0.1, 0.15) is 5.84 Å². The summed E-state index contributed by atoms with van der Waals surface area (Å²) in [5.41, 5.74) is 2.58. The minimum Gasteiger partial charge on any atom is -0.382 e. The van der Waals surface area contributed by atoms with Gasteiger partial charge in [0.25, 0.3) is 0 Å². The van der Waals surface area contributed by atoms with Gasteiger partial charge in [0, 0.05) is 19.2 Å². The molecule has 3 heteroatoms. The van der Waals surface area contributed by atoms with Gasteiger partial charge in [0.2, 0.25) is 0 Å². The van der Waals surface area contributed by atoms with Gasteiger partial charge in [-0.2, -0.15) is 0 Å². The topological polar surface area (TPSA) is 24.8 Å². The van der Waals surface area contributed by atoms with Crippen LogP contribution in [0.1, 0.15) is 50.3 Å². The Hall–Kier alpha value is -2.13. The molecule has 27 heavy (non-hydrogen) atoms. The minimum absolute atomic E-state index is 0.156. The monoisotopic (exact) mass is 364 g/mol. The van der Waals surface area contributed by atoms with Crippen LogP contribution in [0.25, 0.3) is 0 Å². The fourth-order valence-corrected chi connectivity index (χ4v) is 3.82. The molecule has 0 N–H and O–H groups in total. The first kappa shape index (κ1) is 19.6. The van der Waals surface area contributed by atoms with Crippen molar-refractivity contribution in [2.24, 2.45) is 10.9 Å². The summed E-state index contributed by atoms with van der Waals surface area (Å²) in [6, 6.07) is 22.1. The molecule has 0 spiro atoms. The van der Waals surface area contributed by atoms with Crippen molar-refractivity contribution in [2.45, 2.75) is 45.2 Å². The van der Waals surface area contributed by atoms with Gasteiger partial charge >= 0.3 is 0 Å². The summed E-state index contributed by atoms with van der Waals surface area (Å²) in [6.07, 6.45) is 3.65. The fraction of sp³-hybridized carbons (Fsp3) is 0.458. The van der Waals surface area contributed by atoms with Crippen LogP contribution in [-0.2, 0) is 4.74 Å². The van der Waals surface area contributed by atoms with Gasteiger partial charge in [-0.3, -0.25) is 4.99 Å². The van der Waals surface area contributed by atoms with Crippen molar-refractivity contribution < 1.29 is 4.74 Å². The number of rotatable bonds is 6. The van der Waals surface area contributed by atoms with E-state index in [9.17, 15) is 0 Å². The van der Waals surface area contributed by atoms with Crippen molar-refractivity contribution in [1.82, 2.24) is 4.90 Å². The Kier molecular flexibility index (Phi) is 7.05. The van der Waals surface area contributed by atoms with Gasteiger partial charge in [0.15, 0.2) is 0 Å². The number of hydrogen-bond donors (Lipinski definition) is 0. The zero-order valence-electron chi connectivity index (χ0n) is 16.8. The maximum absolute atomic E-state index is 5.48. The highest BCUT2D eigenvalue weighted by atomic mass is 16.5. The number of amidine groups is 1. The lowest BCUT2D eigenvalue weighted by Gasteiger charge is -2.39. The number of ether oxygens (including phenoxy) is 1. The molecule has 0 bridgehead atoms. The lowest BCUT2D eigenvalue weighted by molar-refractivity contribution is 0.163. The van der Waals surface area contributed by atoms with E-state index in [2.05, 4.69) is 79.4 Å². The third-order valence-corrected chi connectivity index (χ3v) is 5.39. The first-order valence-corrected chi connectivity index (χ1v) is 10.1. The summed E-state index contributed by atoms with van der Waals surface area (Å²) in [7, 11) is 1.76. The lowest BCUT2D eigenvalue weighted by atomic mass is 9.94. The summed E-state index contributed by atoms with van der Waals surface area (Å²) in [5.74, 6) is 1.54. The summed E-state index contributed by atoms with van der Waals surface area (Å²) in [6.45, 7) is 6.14. The normalized spacial score (nSPS) is 19.3. The van der Waals surface area contributed by atoms with E-state index in [0.717, 1.165) is 12.4 Å². The fourth-order valence-electron chi connectivity index (χ4n) is 3.82. The van der Waals surface area contributed by atoms with Crippen LogP contribution in [0.15, 0.2) is 65.7 Å². The summed E-state index contributed by atoms with van der Waals surface area (Å²) < 4.78 is 5.48. The number of hydrogen-bond acceptors (Lipinski definition) is 2. The van der Waals surface area contributed by atoms with Crippen LogP contribution in [0.4, 0.5) is 0 Å². The van der Waals surface area contributed by atoms with Crippen molar-refractivity contribution >= 4 is 5.84 Å². The molecule has 0 radical (unpaired) electrons. The van der Waals surface area contributed by atoms with Crippen molar-refractivity contribution in [3.05, 3.63) is 71.8 Å². The third-order valence-electron chi connectivity index (χ3n) is 5.39. The van der Waals surface area contributed by atoms with Crippen LogP contribution in [0.2, 0.25) is 0 Å². The third kappa shape index (κ3) is 4.98. The van der Waals surface area contributed by atoms with E-state index < -0.39 is 0 Å². The van der Waals surface area contributed by atoms with Gasteiger partial charge in [-0.1, -0.05) is 74.5 Å². The quantitative estimate of drug-likeness (QED) is 0.511. The van der Waals surface area contributed by atoms with Crippen LogP contribution in [-0.4, -0.2) is 37.0 Å². The van der Waals surface area contributed by atoms with Crippen LogP contribution < -0.4 is 0 Å². The number of nitrogens with zero attached hydrogens (tertiary/aromatic N) is 2. The van der Waals surface area contributed by atoms with E-state index in [1.807, 2.05) is 0 Å². The standard InChI is InChI=1S/C24H32N2O/c1-19(2)22(18-27-3)25-24(21-14-8-5-9-15-21)26-17-11-10-16-23(26)20-12-6-4-7-13-20/h4-9,12-15,19,22-23H,10-11,16-18H2,1-3H3/t22-,23+/m1/s1. The number of aliphatic imine (C=N–C) groups is 1. The van der Waals surface area contributed by atoms with Gasteiger partial charge in [0.05, 0.1) is 18.7 Å². The molecule has 0 amide bonds. The predicted octanol–water partition coefficient (Wildman–Crippen LogP) is 5.33. The molecule has 1 heterocycles. The first-order chi connectivity index (χ1) is 13.2. The molecule has 1 aliphatic rings. The molecular formula is C24H32N2O. The largest absolute Gasteiger partial charge is 0.382 e. The van der Waals surface area contributed by atoms with Gasteiger partial charge in [-0.15, -0.1) is 0 Å². The van der Waals surface area contributed by atoms with E-state index in [4.69, 9.17) is 9.73 Å². The second kappa shape index (κ2) is 9.70. The highest BCUT2D eigenvalue weighted by Crippen LogP contribution is 2.32. The smallest absolute Gasteiger partial charge is 0.131 e. The minimum atomic E-state index is 0.156.